The van der Waals surface area contributed by atoms with E-state index in [-0.39, 0.29) is 5.78 Å². The molecule has 0 bridgehead atoms. The third kappa shape index (κ3) is 5.10. The number of hydrogen-bond acceptors (Lipinski definition) is 6. The Bertz CT molecular complexity index is 691. The van der Waals surface area contributed by atoms with E-state index in [1.165, 1.54) is 17.5 Å². The summed E-state index contributed by atoms with van der Waals surface area (Å²) in [5, 5.41) is 8.28. The maximum Gasteiger partial charge on any atom is 0.175 e. The quantitative estimate of drug-likeness (QED) is 0.446. The summed E-state index contributed by atoms with van der Waals surface area (Å²) >= 11 is 4.74. The molecule has 0 unspecified atom stereocenters. The standard InChI is InChI=1S/C17H25N3OS3/c1-6-22-16-18-19-17(24-16)23-10-15(21)14-9-12(4)20(13(14)5)8-7-11(2)3/h9,11H,6-8,10H2,1-5H3. The van der Waals surface area contributed by atoms with Crippen molar-refractivity contribution in [1.82, 2.24) is 14.8 Å². The SMILES string of the molecule is CCSc1nnc(SCC(=O)c2cc(C)n(CCC(C)C)c2C)s1. The summed E-state index contributed by atoms with van der Waals surface area (Å²) in [4.78, 5) is 12.6. The van der Waals surface area contributed by atoms with Gasteiger partial charge in [-0.15, -0.1) is 10.2 Å². The number of ketones is 1. The minimum absolute atomic E-state index is 0.170. The number of carbonyl (C=O) groups excluding carboxylic acids is 1. The number of aromatic nitrogens is 3. The van der Waals surface area contributed by atoms with Crippen molar-refractivity contribution in [2.24, 2.45) is 5.92 Å². The molecular formula is C17H25N3OS3. The highest BCUT2D eigenvalue weighted by molar-refractivity contribution is 8.03. The molecule has 0 aliphatic heterocycles. The molecule has 0 saturated carbocycles. The van der Waals surface area contributed by atoms with Crippen LogP contribution in [0.15, 0.2) is 14.7 Å². The summed E-state index contributed by atoms with van der Waals surface area (Å²) in [6, 6.07) is 2.02. The molecule has 0 spiro atoms. The molecule has 7 heteroatoms. The third-order valence-corrected chi connectivity index (χ3v) is 6.86. The van der Waals surface area contributed by atoms with Crippen LogP contribution in [-0.2, 0) is 6.54 Å². The average molecular weight is 384 g/mol. The number of nitrogens with zero attached hydrogens (tertiary/aromatic N) is 3. The summed E-state index contributed by atoms with van der Waals surface area (Å²) in [7, 11) is 0. The van der Waals surface area contributed by atoms with Gasteiger partial charge in [0.25, 0.3) is 0 Å². The largest absolute Gasteiger partial charge is 0.348 e. The lowest BCUT2D eigenvalue weighted by molar-refractivity contribution is 0.102. The lowest BCUT2D eigenvalue weighted by atomic mass is 10.1. The van der Waals surface area contributed by atoms with Gasteiger partial charge < -0.3 is 4.57 Å². The summed E-state index contributed by atoms with van der Waals surface area (Å²) in [5.74, 6) is 2.23. The molecule has 0 amide bonds. The van der Waals surface area contributed by atoms with Crippen LogP contribution in [0.2, 0.25) is 0 Å². The molecule has 0 atom stereocenters. The van der Waals surface area contributed by atoms with E-state index < -0.39 is 0 Å². The van der Waals surface area contributed by atoms with Gasteiger partial charge in [0, 0.05) is 23.5 Å². The second-order valence-electron chi connectivity index (χ2n) is 6.10. The lowest BCUT2D eigenvalue weighted by Crippen LogP contribution is -2.08. The molecule has 0 N–H and O–H groups in total. The topological polar surface area (TPSA) is 47.8 Å². The van der Waals surface area contributed by atoms with Gasteiger partial charge in [0.2, 0.25) is 0 Å². The van der Waals surface area contributed by atoms with Gasteiger partial charge in [-0.25, -0.2) is 0 Å². The first kappa shape index (κ1) is 19.5. The summed E-state index contributed by atoms with van der Waals surface area (Å²) in [6.07, 6.45) is 1.13. The van der Waals surface area contributed by atoms with Gasteiger partial charge >= 0.3 is 0 Å². The van der Waals surface area contributed by atoms with Gasteiger partial charge in [-0.3, -0.25) is 4.79 Å². The molecule has 2 aromatic rings. The second kappa shape index (κ2) is 9.06. The van der Waals surface area contributed by atoms with Gasteiger partial charge in [-0.2, -0.15) is 0 Å². The first-order valence-electron chi connectivity index (χ1n) is 8.21. The van der Waals surface area contributed by atoms with Gasteiger partial charge in [0.05, 0.1) is 5.75 Å². The first-order valence-corrected chi connectivity index (χ1v) is 11.0. The van der Waals surface area contributed by atoms with Crippen molar-refractivity contribution in [3.05, 3.63) is 23.0 Å². The van der Waals surface area contributed by atoms with E-state index in [1.54, 1.807) is 23.1 Å². The van der Waals surface area contributed by atoms with E-state index in [0.717, 1.165) is 38.7 Å². The van der Waals surface area contributed by atoms with E-state index in [9.17, 15) is 4.79 Å². The highest BCUT2D eigenvalue weighted by Crippen LogP contribution is 2.29. The highest BCUT2D eigenvalue weighted by Gasteiger charge is 2.17. The Labute approximate surface area is 156 Å². The molecule has 0 radical (unpaired) electrons. The van der Waals surface area contributed by atoms with E-state index in [2.05, 4.69) is 42.5 Å². The molecular weight excluding hydrogens is 358 g/mol. The number of thioether (sulfide) groups is 2. The van der Waals surface area contributed by atoms with E-state index in [1.807, 2.05) is 13.0 Å². The van der Waals surface area contributed by atoms with E-state index in [4.69, 9.17) is 0 Å². The number of aryl methyl sites for hydroxylation is 1. The zero-order chi connectivity index (χ0) is 17.7. The van der Waals surface area contributed by atoms with Crippen molar-refractivity contribution in [2.75, 3.05) is 11.5 Å². The van der Waals surface area contributed by atoms with Crippen LogP contribution in [0.1, 0.15) is 48.9 Å². The van der Waals surface area contributed by atoms with Crippen molar-refractivity contribution in [2.45, 2.75) is 56.3 Å². The highest BCUT2D eigenvalue weighted by atomic mass is 32.2. The smallest absolute Gasteiger partial charge is 0.175 e. The molecule has 0 saturated heterocycles. The zero-order valence-electron chi connectivity index (χ0n) is 15.0. The van der Waals surface area contributed by atoms with Gasteiger partial charge in [-0.05, 0) is 38.0 Å². The minimum atomic E-state index is 0.170. The molecule has 0 aliphatic rings. The van der Waals surface area contributed by atoms with Gasteiger partial charge in [-0.1, -0.05) is 55.6 Å². The Morgan fingerprint density at radius 3 is 2.54 bits per heavy atom. The molecule has 0 fully saturated rings. The van der Waals surface area contributed by atoms with Crippen molar-refractivity contribution in [1.29, 1.82) is 0 Å². The van der Waals surface area contributed by atoms with E-state index >= 15 is 0 Å². The van der Waals surface area contributed by atoms with Gasteiger partial charge in [0.15, 0.2) is 14.5 Å². The van der Waals surface area contributed by atoms with Crippen LogP contribution in [0.3, 0.4) is 0 Å². The van der Waals surface area contributed by atoms with Crippen LogP contribution >= 0.6 is 34.9 Å². The van der Waals surface area contributed by atoms with Crippen molar-refractivity contribution < 1.29 is 4.79 Å². The molecule has 24 heavy (non-hydrogen) atoms. The fourth-order valence-corrected chi connectivity index (χ4v) is 5.26. The third-order valence-electron chi connectivity index (χ3n) is 3.79. The first-order chi connectivity index (χ1) is 11.4. The van der Waals surface area contributed by atoms with Crippen molar-refractivity contribution in [3.63, 3.8) is 0 Å². The maximum absolute atomic E-state index is 12.6. The van der Waals surface area contributed by atoms with Crippen LogP contribution < -0.4 is 0 Å². The number of hydrogen-bond donors (Lipinski definition) is 0. The Hall–Kier alpha value is -0.790. The predicted molar refractivity (Wildman–Crippen MR) is 105 cm³/mol. The Morgan fingerprint density at radius 2 is 1.92 bits per heavy atom. The van der Waals surface area contributed by atoms with Crippen molar-refractivity contribution in [3.8, 4) is 0 Å². The molecule has 2 rings (SSSR count). The van der Waals surface area contributed by atoms with Gasteiger partial charge in [0.1, 0.15) is 0 Å². The van der Waals surface area contributed by atoms with Crippen LogP contribution in [0, 0.1) is 19.8 Å². The Kier molecular flexibility index (Phi) is 7.37. The molecule has 2 heterocycles. The number of rotatable bonds is 9. The van der Waals surface area contributed by atoms with Crippen molar-refractivity contribution >= 4 is 40.6 Å². The molecule has 0 aliphatic carbocycles. The van der Waals surface area contributed by atoms with Crippen LogP contribution in [0.25, 0.3) is 0 Å². The fourth-order valence-electron chi connectivity index (χ4n) is 2.46. The lowest BCUT2D eigenvalue weighted by Gasteiger charge is -2.11. The summed E-state index contributed by atoms with van der Waals surface area (Å²) in [5.41, 5.74) is 3.09. The van der Waals surface area contributed by atoms with Crippen LogP contribution in [0.5, 0.6) is 0 Å². The molecule has 2 aromatic heterocycles. The Morgan fingerprint density at radius 1 is 1.25 bits per heavy atom. The van der Waals surface area contributed by atoms with E-state index in [0.29, 0.717) is 11.7 Å². The second-order valence-corrected chi connectivity index (χ2v) is 9.81. The maximum atomic E-state index is 12.6. The number of Topliss-reactive ketones (excluding diaryl/α,β-unsaturated/α-hetero) is 1. The fraction of sp³-hybridized carbons (Fsp3) is 0.588. The predicted octanol–water partition coefficient (Wildman–Crippen LogP) is 5.09. The number of carbonyl (C=O) groups is 1. The van der Waals surface area contributed by atoms with Crippen LogP contribution in [-0.4, -0.2) is 32.1 Å². The Balaban J connectivity index is 2.00. The minimum Gasteiger partial charge on any atom is -0.348 e. The van der Waals surface area contributed by atoms with Crippen LogP contribution in [0.4, 0.5) is 0 Å². The monoisotopic (exact) mass is 383 g/mol. The average Bonchev–Trinajstić information content (AvgIpc) is 3.08. The zero-order valence-corrected chi connectivity index (χ0v) is 17.4. The summed E-state index contributed by atoms with van der Waals surface area (Å²) < 4.78 is 4.10. The molecule has 0 aromatic carbocycles. The molecule has 4 nitrogen and oxygen atoms in total. The summed E-state index contributed by atoms with van der Waals surface area (Å²) in [6.45, 7) is 11.7. The molecule has 132 valence electrons. The normalized spacial score (nSPS) is 11.4.